The molecule has 6 rings (SSSR count). The highest BCUT2D eigenvalue weighted by Gasteiger charge is 2.36. The molecule has 0 saturated heterocycles. The summed E-state index contributed by atoms with van der Waals surface area (Å²) in [6, 6.07) is 12.1. The van der Waals surface area contributed by atoms with Crippen LogP contribution in [0.4, 0.5) is 42.0 Å². The number of amides is 1. The lowest BCUT2D eigenvalue weighted by Gasteiger charge is -2.36. The summed E-state index contributed by atoms with van der Waals surface area (Å²) in [7, 11) is 0. The van der Waals surface area contributed by atoms with Crippen molar-refractivity contribution in [3.8, 4) is 0 Å². The maximum atomic E-state index is 13.8. The number of alkyl halides is 3. The van der Waals surface area contributed by atoms with Gasteiger partial charge in [-0.05, 0) is 55.2 Å². The summed E-state index contributed by atoms with van der Waals surface area (Å²) in [4.78, 5) is 36.1. The van der Waals surface area contributed by atoms with Gasteiger partial charge in [-0.15, -0.1) is 0 Å². The minimum absolute atomic E-state index is 0.0312. The van der Waals surface area contributed by atoms with E-state index in [1.807, 2.05) is 6.07 Å². The molecule has 9 nitrogen and oxygen atoms in total. The average molecular weight is 541 g/mol. The number of para-hydroxylation sites is 1. The monoisotopic (exact) mass is 540 g/mol. The molecular formula is C27H27F3N6O3. The molecule has 4 heterocycles. The number of fused-ring (bicyclic) bond motifs is 6. The van der Waals surface area contributed by atoms with Gasteiger partial charge in [0.15, 0.2) is 12.0 Å². The Labute approximate surface area is 222 Å². The van der Waals surface area contributed by atoms with E-state index in [0.29, 0.717) is 42.6 Å². The molecule has 204 valence electrons. The summed E-state index contributed by atoms with van der Waals surface area (Å²) in [6.45, 7) is 1.90. The van der Waals surface area contributed by atoms with Crippen molar-refractivity contribution in [2.45, 2.75) is 44.6 Å². The maximum absolute atomic E-state index is 13.8. The first-order chi connectivity index (χ1) is 18.6. The molecule has 3 aliphatic rings. The largest absolute Gasteiger partial charge is 0.421 e. The highest BCUT2D eigenvalue weighted by molar-refractivity contribution is 5.95. The second-order valence-corrected chi connectivity index (χ2v) is 9.67. The molecule has 1 amide bonds. The molecule has 0 aliphatic carbocycles. The number of nitrogens with zero attached hydrogens (tertiary/aromatic N) is 4. The number of carbonyl (C=O) groups excluding carboxylic acids is 2. The van der Waals surface area contributed by atoms with E-state index < -0.39 is 23.3 Å². The van der Waals surface area contributed by atoms with E-state index in [-0.39, 0.29) is 31.4 Å². The minimum atomic E-state index is -4.70. The molecule has 1 aromatic heterocycles. The van der Waals surface area contributed by atoms with Gasteiger partial charge < -0.3 is 25.5 Å². The number of hydrogen-bond acceptors (Lipinski definition) is 8. The van der Waals surface area contributed by atoms with Gasteiger partial charge in [0.2, 0.25) is 11.9 Å². The average Bonchev–Trinajstić information content (AvgIpc) is 3.32. The number of benzene rings is 2. The Balaban J connectivity index is 1.59. The van der Waals surface area contributed by atoms with Crippen LogP contribution in [-0.2, 0) is 28.7 Å². The molecule has 2 aromatic carbocycles. The zero-order valence-corrected chi connectivity index (χ0v) is 21.1. The smallest absolute Gasteiger partial charge is 0.365 e. The number of halogens is 3. The summed E-state index contributed by atoms with van der Waals surface area (Å²) in [6.07, 6.45) is -2.45. The van der Waals surface area contributed by atoms with Crippen molar-refractivity contribution in [1.29, 1.82) is 0 Å². The highest BCUT2D eigenvalue weighted by Crippen LogP contribution is 2.36. The van der Waals surface area contributed by atoms with Crippen molar-refractivity contribution < 1.29 is 27.9 Å². The molecule has 1 unspecified atom stereocenters. The Morgan fingerprint density at radius 3 is 2.62 bits per heavy atom. The fourth-order valence-electron chi connectivity index (χ4n) is 4.93. The number of aromatic nitrogens is 2. The third-order valence-electron chi connectivity index (χ3n) is 6.90. The van der Waals surface area contributed by atoms with Crippen LogP contribution in [0.3, 0.4) is 0 Å². The van der Waals surface area contributed by atoms with E-state index in [4.69, 9.17) is 0 Å². The van der Waals surface area contributed by atoms with E-state index in [1.54, 1.807) is 41.3 Å². The lowest BCUT2D eigenvalue weighted by atomic mass is 10.1. The van der Waals surface area contributed by atoms with Crippen molar-refractivity contribution in [3.05, 3.63) is 65.4 Å². The third-order valence-corrected chi connectivity index (χ3v) is 6.90. The van der Waals surface area contributed by atoms with Gasteiger partial charge in [-0.3, -0.25) is 9.59 Å². The number of carbonyl (C=O) groups is 2. The second kappa shape index (κ2) is 10.2. The molecule has 0 fully saturated rings. The zero-order chi connectivity index (χ0) is 27.8. The molecule has 3 N–H and O–H groups in total. The van der Waals surface area contributed by atoms with Gasteiger partial charge in [0, 0.05) is 49.3 Å². The standard InChI is InChI=1S/C27H27F3N6O3/c1-26(39,16-37)36-11-4-7-23(38)35-12-10-17-13-19(8-9-21(17)35)33-25-32-15-20(27(28,29)30)24(34-25)31-14-18-5-2-3-6-22(18)36/h2-3,5-6,8-9,13,15-16,39H,4,7,10-12,14H2,1H3,(H2,31,32,33,34). The normalized spacial score (nSPS) is 17.4. The van der Waals surface area contributed by atoms with Gasteiger partial charge in [0.25, 0.3) is 0 Å². The van der Waals surface area contributed by atoms with E-state index in [2.05, 4.69) is 20.6 Å². The van der Waals surface area contributed by atoms with Crippen molar-refractivity contribution in [2.24, 2.45) is 0 Å². The van der Waals surface area contributed by atoms with Crippen molar-refractivity contribution in [3.63, 3.8) is 0 Å². The molecule has 0 spiro atoms. The first-order valence-corrected chi connectivity index (χ1v) is 12.5. The van der Waals surface area contributed by atoms with Crippen LogP contribution >= 0.6 is 0 Å². The van der Waals surface area contributed by atoms with Gasteiger partial charge in [-0.25, -0.2) is 4.98 Å². The summed E-state index contributed by atoms with van der Waals surface area (Å²) >= 11 is 0. The number of rotatable bonds is 2. The Morgan fingerprint density at radius 2 is 1.85 bits per heavy atom. The topological polar surface area (TPSA) is 111 Å². The summed E-state index contributed by atoms with van der Waals surface area (Å²) < 4.78 is 41.4. The van der Waals surface area contributed by atoms with Gasteiger partial charge in [0.1, 0.15) is 11.4 Å². The summed E-state index contributed by atoms with van der Waals surface area (Å²) in [5, 5.41) is 16.6. The van der Waals surface area contributed by atoms with E-state index in [0.717, 1.165) is 17.4 Å². The van der Waals surface area contributed by atoms with Crippen molar-refractivity contribution >= 4 is 41.0 Å². The molecular weight excluding hydrogens is 513 g/mol. The quantitative estimate of drug-likeness (QED) is 0.414. The summed E-state index contributed by atoms with van der Waals surface area (Å²) in [5.74, 6) is -0.522. The number of nitrogens with one attached hydrogen (secondary N) is 2. The molecule has 39 heavy (non-hydrogen) atoms. The lowest BCUT2D eigenvalue weighted by molar-refractivity contribution is -0.137. The highest BCUT2D eigenvalue weighted by atomic mass is 19.4. The van der Waals surface area contributed by atoms with Crippen molar-refractivity contribution in [2.75, 3.05) is 33.5 Å². The van der Waals surface area contributed by atoms with Crippen LogP contribution in [0.25, 0.3) is 0 Å². The van der Waals surface area contributed by atoms with Crippen LogP contribution in [-0.4, -0.2) is 46.1 Å². The van der Waals surface area contributed by atoms with Crippen molar-refractivity contribution in [1.82, 2.24) is 9.97 Å². The summed E-state index contributed by atoms with van der Waals surface area (Å²) in [5.41, 5.74) is 0.289. The SMILES string of the molecule is CC(O)(C=O)N1CCCC(=O)N2CCc3cc(ccc32)Nc2ncc(C(F)(F)F)c(n2)NCc2ccccc21. The second-order valence-electron chi connectivity index (χ2n) is 9.67. The molecule has 1 atom stereocenters. The van der Waals surface area contributed by atoms with Gasteiger partial charge in [0.05, 0.1) is 0 Å². The molecule has 0 saturated carbocycles. The van der Waals surface area contributed by atoms with Gasteiger partial charge >= 0.3 is 6.18 Å². The molecule has 3 aromatic rings. The van der Waals surface area contributed by atoms with E-state index in [1.165, 1.54) is 11.8 Å². The maximum Gasteiger partial charge on any atom is 0.421 e. The predicted octanol–water partition coefficient (Wildman–Crippen LogP) is 4.25. The van der Waals surface area contributed by atoms with Crippen LogP contribution in [0.5, 0.6) is 0 Å². The Hall–Kier alpha value is -4.19. The fourth-order valence-corrected chi connectivity index (χ4v) is 4.93. The van der Waals surface area contributed by atoms with Gasteiger partial charge in [-0.2, -0.15) is 18.2 Å². The zero-order valence-electron chi connectivity index (χ0n) is 21.1. The van der Waals surface area contributed by atoms with Crippen LogP contribution in [0.2, 0.25) is 0 Å². The number of hydrogen-bond donors (Lipinski definition) is 3. The fraction of sp³-hybridized carbons (Fsp3) is 0.333. The predicted molar refractivity (Wildman–Crippen MR) is 140 cm³/mol. The van der Waals surface area contributed by atoms with Crippen LogP contribution in [0, 0.1) is 0 Å². The third kappa shape index (κ3) is 5.37. The minimum Gasteiger partial charge on any atom is -0.365 e. The molecule has 12 heteroatoms. The number of aldehydes is 1. The van der Waals surface area contributed by atoms with Gasteiger partial charge in [-0.1, -0.05) is 18.2 Å². The first-order valence-electron chi connectivity index (χ1n) is 12.5. The van der Waals surface area contributed by atoms with Crippen LogP contribution in [0.1, 0.15) is 36.5 Å². The van der Waals surface area contributed by atoms with E-state index in [9.17, 15) is 27.9 Å². The molecule has 0 radical (unpaired) electrons. The van der Waals surface area contributed by atoms with Crippen LogP contribution in [0.15, 0.2) is 48.7 Å². The Morgan fingerprint density at radius 1 is 1.05 bits per heavy atom. The Bertz CT molecular complexity index is 1410. The Kier molecular flexibility index (Phi) is 6.89. The molecule has 6 bridgehead atoms. The van der Waals surface area contributed by atoms with E-state index >= 15 is 0 Å². The number of aliphatic hydroxyl groups is 1. The lowest BCUT2D eigenvalue weighted by Crippen LogP contribution is -2.49. The number of anilines is 5. The molecule has 3 aliphatic heterocycles. The first kappa shape index (κ1) is 26.4. The van der Waals surface area contributed by atoms with Crippen LogP contribution < -0.4 is 20.4 Å².